The van der Waals surface area contributed by atoms with Crippen molar-refractivity contribution in [3.63, 3.8) is 0 Å². The van der Waals surface area contributed by atoms with Crippen LogP contribution in [0.2, 0.25) is 0 Å². The van der Waals surface area contributed by atoms with E-state index in [1.165, 1.54) is 32.1 Å². The highest BCUT2D eigenvalue weighted by Crippen LogP contribution is 2.68. The molecule has 0 aliphatic heterocycles. The van der Waals surface area contributed by atoms with E-state index in [4.69, 9.17) is 24.7 Å². The highest BCUT2D eigenvalue weighted by atomic mass is 16.7. The summed E-state index contributed by atoms with van der Waals surface area (Å²) in [6, 6.07) is 13.0. The Bertz CT molecular complexity index is 1480. The van der Waals surface area contributed by atoms with Gasteiger partial charge in [0.05, 0.1) is 30.9 Å². The molecule has 9 nitrogen and oxygen atoms in total. The molecule has 1 heterocycles. The number of hydroxylamine groups is 2. The van der Waals surface area contributed by atoms with Crippen LogP contribution in [0.25, 0.3) is 0 Å². The van der Waals surface area contributed by atoms with Crippen molar-refractivity contribution in [2.45, 2.75) is 64.1 Å². The van der Waals surface area contributed by atoms with E-state index in [1.54, 1.807) is 12.3 Å². The number of carbonyl (C=O) groups excluding carboxylic acids is 2. The molecule has 0 bridgehead atoms. The maximum absolute atomic E-state index is 14.1. The van der Waals surface area contributed by atoms with Crippen LogP contribution < -0.4 is 5.73 Å². The minimum atomic E-state index is -1.51. The molecule has 0 spiro atoms. The number of likely N-dealkylation sites (N-methyl/N-ethyl adjacent to an activating group) is 1. The van der Waals surface area contributed by atoms with Gasteiger partial charge in [-0.25, -0.2) is 14.9 Å². The van der Waals surface area contributed by atoms with Crippen LogP contribution in [0.5, 0.6) is 0 Å². The summed E-state index contributed by atoms with van der Waals surface area (Å²) in [5.74, 6) is -0.983. The van der Waals surface area contributed by atoms with Gasteiger partial charge in [-0.3, -0.25) is 9.63 Å². The van der Waals surface area contributed by atoms with Gasteiger partial charge >= 0.3 is 5.97 Å². The van der Waals surface area contributed by atoms with Crippen LogP contribution in [0, 0.1) is 28.6 Å². The molecule has 6 rings (SSSR count). The summed E-state index contributed by atoms with van der Waals surface area (Å²) in [6.07, 6.45) is 8.22. The first-order chi connectivity index (χ1) is 20.6. The van der Waals surface area contributed by atoms with E-state index in [9.17, 15) is 14.7 Å². The monoisotopic (exact) mass is 587 g/mol. The molecule has 3 fully saturated rings. The fourth-order valence-corrected chi connectivity index (χ4v) is 9.07. The molecule has 0 radical (unpaired) electrons. The Hall–Kier alpha value is -3.69. The van der Waals surface area contributed by atoms with E-state index in [0.717, 1.165) is 34.9 Å². The number of aliphatic hydroxyl groups excluding tert-OH is 1. The van der Waals surface area contributed by atoms with Crippen LogP contribution in [0.3, 0.4) is 0 Å². The van der Waals surface area contributed by atoms with E-state index in [0.29, 0.717) is 25.7 Å². The number of amides is 1. The van der Waals surface area contributed by atoms with E-state index in [1.807, 2.05) is 37.3 Å². The lowest BCUT2D eigenvalue weighted by atomic mass is 9.45. The standard InChI is InChI=1S/C34H41N3O6/c1-32-18-21(20-35)26(36-23-9-6-5-7-10-23)17-22(32)12-13-24-25-14-15-34(31(40)37(3)41-4,33(25,2)19-27(38)29(24)32)43-30(39)28-11-8-16-42-28/h5-11,16-17,20,24-25,27,29,38H,12-15,18-19,35H2,1-4H3/t24?,25?,27?,29?,32?,33?,34-/m0/s1. The lowest BCUT2D eigenvalue weighted by Gasteiger charge is -2.61. The fraction of sp³-hybridized carbons (Fsp3) is 0.500. The molecule has 7 atom stereocenters. The number of aliphatic hydroxyl groups is 1. The number of nitrogens with two attached hydrogens (primary N) is 1. The molecule has 4 aliphatic carbocycles. The van der Waals surface area contributed by atoms with Gasteiger partial charge in [-0.1, -0.05) is 37.6 Å². The largest absolute Gasteiger partial charge is 0.457 e. The van der Waals surface area contributed by atoms with E-state index in [2.05, 4.69) is 13.0 Å². The number of fused-ring (bicyclic) bond motifs is 5. The van der Waals surface area contributed by atoms with Crippen LogP contribution in [0.4, 0.5) is 5.69 Å². The normalized spacial score (nSPS) is 36.8. The zero-order valence-electron chi connectivity index (χ0n) is 25.3. The Kier molecular flexibility index (Phi) is 7.37. The zero-order valence-corrected chi connectivity index (χ0v) is 25.3. The van der Waals surface area contributed by atoms with Gasteiger partial charge in [0.15, 0.2) is 5.60 Å². The predicted octanol–water partition coefficient (Wildman–Crippen LogP) is 5.35. The Morgan fingerprint density at radius 1 is 1.16 bits per heavy atom. The Morgan fingerprint density at radius 3 is 2.60 bits per heavy atom. The number of furan rings is 1. The molecular formula is C34H41N3O6. The fourth-order valence-electron chi connectivity index (χ4n) is 9.07. The Morgan fingerprint density at radius 2 is 1.93 bits per heavy atom. The molecule has 43 heavy (non-hydrogen) atoms. The minimum absolute atomic E-state index is 0.0322. The maximum Gasteiger partial charge on any atom is 0.375 e. The molecule has 1 amide bonds. The number of allylic oxidation sites excluding steroid dienone is 3. The SMILES string of the molecule is CON(C)C(=O)[C@@]1(OC(=O)c2ccco2)CCC2C3CCC4=CC(=Nc5ccccc5)C(=CN)CC4(C)C3C(O)CC21C. The maximum atomic E-state index is 14.1. The number of nitrogens with zero attached hydrogens (tertiary/aromatic N) is 2. The van der Waals surface area contributed by atoms with Gasteiger partial charge in [-0.15, -0.1) is 0 Å². The number of esters is 1. The number of carbonyl (C=O) groups is 2. The average Bonchev–Trinajstić information content (AvgIpc) is 3.64. The highest BCUT2D eigenvalue weighted by molar-refractivity contribution is 6.11. The predicted molar refractivity (Wildman–Crippen MR) is 161 cm³/mol. The van der Waals surface area contributed by atoms with Crippen molar-refractivity contribution >= 4 is 23.3 Å². The molecule has 3 saturated carbocycles. The number of rotatable bonds is 5. The second kappa shape index (κ2) is 10.8. The summed E-state index contributed by atoms with van der Waals surface area (Å²) >= 11 is 0. The first-order valence-electron chi connectivity index (χ1n) is 15.1. The molecule has 0 saturated heterocycles. The number of ether oxygens (including phenoxy) is 1. The molecule has 9 heteroatoms. The molecule has 2 aromatic rings. The van der Waals surface area contributed by atoms with Gasteiger partial charge in [-0.05, 0) is 104 Å². The van der Waals surface area contributed by atoms with Crippen LogP contribution >= 0.6 is 0 Å². The lowest BCUT2D eigenvalue weighted by Crippen LogP contribution is -2.64. The van der Waals surface area contributed by atoms with Crippen LogP contribution in [-0.4, -0.2) is 53.6 Å². The van der Waals surface area contributed by atoms with Gasteiger partial charge in [0, 0.05) is 12.5 Å². The lowest BCUT2D eigenvalue weighted by molar-refractivity contribution is -0.213. The average molecular weight is 588 g/mol. The number of aliphatic imine (C=N–C) groups is 1. The van der Waals surface area contributed by atoms with Crippen molar-refractivity contribution < 1.29 is 28.7 Å². The zero-order chi connectivity index (χ0) is 30.6. The molecular weight excluding hydrogens is 546 g/mol. The van der Waals surface area contributed by atoms with Gasteiger partial charge in [0.1, 0.15) is 0 Å². The summed E-state index contributed by atoms with van der Waals surface area (Å²) in [6.45, 7) is 4.25. The third-order valence-corrected chi connectivity index (χ3v) is 11.1. The summed E-state index contributed by atoms with van der Waals surface area (Å²) in [5, 5.41) is 13.2. The number of hydrogen-bond donors (Lipinski definition) is 2. The molecule has 3 N–H and O–H groups in total. The first-order valence-corrected chi connectivity index (χ1v) is 15.1. The van der Waals surface area contributed by atoms with Crippen molar-refractivity contribution in [3.8, 4) is 0 Å². The summed E-state index contributed by atoms with van der Waals surface area (Å²) < 4.78 is 11.5. The van der Waals surface area contributed by atoms with Crippen molar-refractivity contribution in [3.05, 3.63) is 77.9 Å². The van der Waals surface area contributed by atoms with Crippen LogP contribution in [0.1, 0.15) is 62.9 Å². The quantitative estimate of drug-likeness (QED) is 0.356. The highest BCUT2D eigenvalue weighted by Gasteiger charge is 2.71. The third kappa shape index (κ3) is 4.47. The van der Waals surface area contributed by atoms with Gasteiger partial charge in [0.25, 0.3) is 5.91 Å². The van der Waals surface area contributed by atoms with Crippen LogP contribution in [-0.2, 0) is 14.4 Å². The number of benzene rings is 1. The van der Waals surface area contributed by atoms with Crippen molar-refractivity contribution in [1.29, 1.82) is 0 Å². The Labute approximate surface area is 252 Å². The smallest absolute Gasteiger partial charge is 0.375 e. The first kappa shape index (κ1) is 29.4. The molecule has 6 unspecified atom stereocenters. The summed E-state index contributed by atoms with van der Waals surface area (Å²) in [7, 11) is 2.94. The van der Waals surface area contributed by atoms with Gasteiger partial charge in [0.2, 0.25) is 5.76 Å². The molecule has 4 aliphatic rings. The summed E-state index contributed by atoms with van der Waals surface area (Å²) in [5.41, 5.74) is 7.51. The minimum Gasteiger partial charge on any atom is -0.457 e. The number of hydrogen-bond acceptors (Lipinski definition) is 8. The van der Waals surface area contributed by atoms with Crippen molar-refractivity contribution in [2.75, 3.05) is 14.2 Å². The third-order valence-electron chi connectivity index (χ3n) is 11.1. The van der Waals surface area contributed by atoms with Gasteiger partial charge < -0.3 is 20.0 Å². The molecule has 1 aromatic carbocycles. The topological polar surface area (TPSA) is 128 Å². The summed E-state index contributed by atoms with van der Waals surface area (Å²) in [4.78, 5) is 37.6. The second-order valence-electron chi connectivity index (χ2n) is 13.0. The number of para-hydroxylation sites is 1. The van der Waals surface area contributed by atoms with Crippen molar-refractivity contribution in [2.24, 2.45) is 39.3 Å². The van der Waals surface area contributed by atoms with Crippen LogP contribution in [0.15, 0.2) is 81.6 Å². The van der Waals surface area contributed by atoms with Crippen molar-refractivity contribution in [1.82, 2.24) is 5.06 Å². The van der Waals surface area contributed by atoms with E-state index >= 15 is 0 Å². The molecule has 228 valence electrons. The van der Waals surface area contributed by atoms with Gasteiger partial charge in [-0.2, -0.15) is 0 Å². The van der Waals surface area contributed by atoms with E-state index in [-0.39, 0.29) is 28.9 Å². The Balaban J connectivity index is 1.37. The second-order valence-corrected chi connectivity index (χ2v) is 13.0. The van der Waals surface area contributed by atoms with E-state index < -0.39 is 29.0 Å². The molecule has 1 aromatic heterocycles.